The largest absolute Gasteiger partial charge is 0.346 e. The fraction of sp³-hybridized carbons (Fsp3) is 0.400. The van der Waals surface area contributed by atoms with Gasteiger partial charge in [-0.15, -0.1) is 0 Å². The maximum atomic E-state index is 11.7. The van der Waals surface area contributed by atoms with Crippen molar-refractivity contribution in [3.63, 3.8) is 0 Å². The number of nitrogens with zero attached hydrogens (tertiary/aromatic N) is 1. The zero-order valence-corrected chi connectivity index (χ0v) is 10.3. The molecule has 0 bridgehead atoms. The molecule has 0 heterocycles. The Bertz CT molecular complexity index is 349. The molecule has 0 atom stereocenters. The molecule has 0 aromatic heterocycles. The van der Waals surface area contributed by atoms with E-state index in [4.69, 9.17) is 9.05 Å². The van der Waals surface area contributed by atoms with Crippen molar-refractivity contribution in [3.8, 4) is 0 Å². The molecule has 1 N–H and O–H groups in total. The zero-order chi connectivity index (χ0) is 12.0. The Morgan fingerprint density at radius 2 is 1.81 bits per heavy atom. The molecule has 0 saturated carbocycles. The van der Waals surface area contributed by atoms with Gasteiger partial charge >= 0.3 is 7.60 Å². The smallest absolute Gasteiger partial charge is 0.313 e. The molecular formula is C10H16NO4P. The lowest BCUT2D eigenvalue weighted by molar-refractivity contribution is -0.0865. The van der Waals surface area contributed by atoms with E-state index < -0.39 is 7.60 Å². The van der Waals surface area contributed by atoms with E-state index in [0.717, 1.165) is 10.6 Å². The summed E-state index contributed by atoms with van der Waals surface area (Å²) < 4.78 is 21.2. The second-order valence-corrected chi connectivity index (χ2v) is 5.50. The number of rotatable bonds is 6. The van der Waals surface area contributed by atoms with Gasteiger partial charge in [-0.25, -0.2) is 0 Å². The summed E-state index contributed by atoms with van der Waals surface area (Å²) in [7, 11) is -0.614. The van der Waals surface area contributed by atoms with Crippen LogP contribution in [0.5, 0.6) is 0 Å². The molecule has 0 amide bonds. The summed E-state index contributed by atoms with van der Waals surface area (Å²) in [6.45, 7) is 0.275. The summed E-state index contributed by atoms with van der Waals surface area (Å²) in [5.74, 6) is 0. The van der Waals surface area contributed by atoms with Crippen molar-refractivity contribution in [1.82, 2.24) is 5.06 Å². The predicted octanol–water partition coefficient (Wildman–Crippen LogP) is 2.32. The van der Waals surface area contributed by atoms with Crippen molar-refractivity contribution in [1.29, 1.82) is 0 Å². The van der Waals surface area contributed by atoms with E-state index in [9.17, 15) is 9.77 Å². The third-order valence-corrected chi connectivity index (χ3v) is 3.89. The van der Waals surface area contributed by atoms with Crippen LogP contribution in [0.2, 0.25) is 0 Å². The summed E-state index contributed by atoms with van der Waals surface area (Å²) in [6, 6.07) is 9.37. The number of hydroxylamine groups is 2. The lowest BCUT2D eigenvalue weighted by Crippen LogP contribution is -2.21. The molecule has 0 fully saturated rings. The first-order valence-corrected chi connectivity index (χ1v) is 6.51. The van der Waals surface area contributed by atoms with Crippen LogP contribution in [0.3, 0.4) is 0 Å². The Morgan fingerprint density at radius 1 is 1.25 bits per heavy atom. The van der Waals surface area contributed by atoms with Gasteiger partial charge in [0.05, 0.1) is 0 Å². The fourth-order valence-electron chi connectivity index (χ4n) is 1.23. The van der Waals surface area contributed by atoms with Gasteiger partial charge in [-0.3, -0.25) is 4.57 Å². The van der Waals surface area contributed by atoms with Gasteiger partial charge in [0, 0.05) is 20.8 Å². The van der Waals surface area contributed by atoms with Crippen molar-refractivity contribution in [2.45, 2.75) is 6.54 Å². The molecule has 6 heteroatoms. The molecule has 0 radical (unpaired) electrons. The van der Waals surface area contributed by atoms with Crippen molar-refractivity contribution < 1.29 is 18.8 Å². The van der Waals surface area contributed by atoms with E-state index in [2.05, 4.69) is 0 Å². The Labute approximate surface area is 95.1 Å². The van der Waals surface area contributed by atoms with Gasteiger partial charge in [-0.2, -0.15) is 5.06 Å². The van der Waals surface area contributed by atoms with Gasteiger partial charge in [0.25, 0.3) is 0 Å². The minimum atomic E-state index is -3.20. The second-order valence-electron chi connectivity index (χ2n) is 3.27. The average molecular weight is 245 g/mol. The lowest BCUT2D eigenvalue weighted by atomic mass is 10.2. The van der Waals surface area contributed by atoms with E-state index in [1.165, 1.54) is 14.2 Å². The molecule has 0 spiro atoms. The Kier molecular flexibility index (Phi) is 5.12. The van der Waals surface area contributed by atoms with E-state index in [-0.39, 0.29) is 12.8 Å². The van der Waals surface area contributed by atoms with Gasteiger partial charge in [-0.05, 0) is 5.56 Å². The maximum Gasteiger partial charge on any atom is 0.346 e. The molecule has 1 aromatic rings. The van der Waals surface area contributed by atoms with Gasteiger partial charge in [0.15, 0.2) is 0 Å². The first kappa shape index (κ1) is 13.4. The minimum absolute atomic E-state index is 0.158. The highest BCUT2D eigenvalue weighted by atomic mass is 31.2. The molecule has 0 saturated heterocycles. The lowest BCUT2D eigenvalue weighted by Gasteiger charge is -2.19. The molecule has 0 aliphatic heterocycles. The highest BCUT2D eigenvalue weighted by molar-refractivity contribution is 7.53. The molecule has 5 nitrogen and oxygen atoms in total. The van der Waals surface area contributed by atoms with Crippen molar-refractivity contribution in [2.24, 2.45) is 0 Å². The first-order chi connectivity index (χ1) is 7.59. The topological polar surface area (TPSA) is 59.0 Å². The highest BCUT2D eigenvalue weighted by Crippen LogP contribution is 2.46. The van der Waals surface area contributed by atoms with Crippen LogP contribution < -0.4 is 0 Å². The van der Waals surface area contributed by atoms with E-state index in [1.54, 1.807) is 0 Å². The normalized spacial score (nSPS) is 12.0. The van der Waals surface area contributed by atoms with Gasteiger partial charge < -0.3 is 14.3 Å². The summed E-state index contributed by atoms with van der Waals surface area (Å²) in [5, 5.41) is 10.5. The van der Waals surface area contributed by atoms with E-state index >= 15 is 0 Å². The number of benzene rings is 1. The van der Waals surface area contributed by atoms with E-state index in [1.807, 2.05) is 30.3 Å². The summed E-state index contributed by atoms with van der Waals surface area (Å²) in [4.78, 5) is 0. The fourth-order valence-corrected chi connectivity index (χ4v) is 2.11. The molecule has 16 heavy (non-hydrogen) atoms. The standard InChI is InChI=1S/C10H16NO4P/c1-14-16(13,15-2)9-11(12)8-10-6-4-3-5-7-10/h3-7,12H,8-9H2,1-2H3. The summed E-state index contributed by atoms with van der Waals surface area (Å²) in [6.07, 6.45) is -0.158. The molecule has 0 aliphatic carbocycles. The predicted molar refractivity (Wildman–Crippen MR) is 60.3 cm³/mol. The van der Waals surface area contributed by atoms with Crippen LogP contribution in [0.25, 0.3) is 0 Å². The second kappa shape index (κ2) is 6.13. The third kappa shape index (κ3) is 4.04. The average Bonchev–Trinajstić information content (AvgIpc) is 2.30. The Balaban J connectivity index is 2.54. The van der Waals surface area contributed by atoms with Crippen LogP contribution in [-0.4, -0.2) is 30.8 Å². The number of hydrogen-bond donors (Lipinski definition) is 1. The molecular weight excluding hydrogens is 229 g/mol. The highest BCUT2D eigenvalue weighted by Gasteiger charge is 2.24. The van der Waals surface area contributed by atoms with Crippen LogP contribution in [-0.2, 0) is 20.2 Å². The molecule has 1 rings (SSSR count). The van der Waals surface area contributed by atoms with Crippen molar-refractivity contribution in [3.05, 3.63) is 35.9 Å². The van der Waals surface area contributed by atoms with Crippen LogP contribution >= 0.6 is 7.60 Å². The summed E-state index contributed by atoms with van der Waals surface area (Å²) in [5.41, 5.74) is 0.920. The molecule has 0 aliphatic rings. The Morgan fingerprint density at radius 3 is 2.31 bits per heavy atom. The quantitative estimate of drug-likeness (QED) is 0.615. The SMILES string of the molecule is COP(=O)(CN(O)Cc1ccccc1)OC. The van der Waals surface area contributed by atoms with Crippen LogP contribution in [0, 0.1) is 0 Å². The Hall–Kier alpha value is -0.710. The monoisotopic (exact) mass is 245 g/mol. The van der Waals surface area contributed by atoms with Gasteiger partial charge in [0.1, 0.15) is 6.29 Å². The first-order valence-electron chi connectivity index (χ1n) is 4.78. The molecule has 1 aromatic carbocycles. The maximum absolute atomic E-state index is 11.7. The van der Waals surface area contributed by atoms with Crippen LogP contribution in [0.1, 0.15) is 5.56 Å². The zero-order valence-electron chi connectivity index (χ0n) is 9.37. The van der Waals surface area contributed by atoms with Crippen LogP contribution in [0.15, 0.2) is 30.3 Å². The third-order valence-electron chi connectivity index (χ3n) is 2.10. The minimum Gasteiger partial charge on any atom is -0.313 e. The molecule has 90 valence electrons. The van der Waals surface area contributed by atoms with Gasteiger partial charge in [0.2, 0.25) is 0 Å². The van der Waals surface area contributed by atoms with Crippen molar-refractivity contribution in [2.75, 3.05) is 20.5 Å². The summed E-state index contributed by atoms with van der Waals surface area (Å²) >= 11 is 0. The molecule has 0 unspecified atom stereocenters. The van der Waals surface area contributed by atoms with Crippen LogP contribution in [0.4, 0.5) is 0 Å². The number of hydrogen-bond acceptors (Lipinski definition) is 5. The van der Waals surface area contributed by atoms with Crippen molar-refractivity contribution >= 4 is 7.60 Å². The van der Waals surface area contributed by atoms with Gasteiger partial charge in [-0.1, -0.05) is 30.3 Å². The van der Waals surface area contributed by atoms with E-state index in [0.29, 0.717) is 0 Å².